The van der Waals surface area contributed by atoms with Crippen molar-refractivity contribution in [3.05, 3.63) is 0 Å². The second-order valence-corrected chi connectivity index (χ2v) is 17.6. The lowest BCUT2D eigenvalue weighted by Gasteiger charge is -2.41. The zero-order valence-corrected chi connectivity index (χ0v) is 23.4. The van der Waals surface area contributed by atoms with E-state index in [2.05, 4.69) is 53.4 Å². The van der Waals surface area contributed by atoms with Crippen molar-refractivity contribution in [1.82, 2.24) is 4.90 Å². The molecule has 0 saturated carbocycles. The molecule has 0 bridgehead atoms. The van der Waals surface area contributed by atoms with Gasteiger partial charge >= 0.3 is 8.80 Å². The van der Waals surface area contributed by atoms with Crippen molar-refractivity contribution in [3.63, 3.8) is 0 Å². The van der Waals surface area contributed by atoms with Crippen LogP contribution in [0, 0.1) is 0 Å². The van der Waals surface area contributed by atoms with E-state index in [1.165, 1.54) is 0 Å². The molecule has 0 spiro atoms. The van der Waals surface area contributed by atoms with E-state index in [9.17, 15) is 4.79 Å². The van der Waals surface area contributed by atoms with Crippen LogP contribution in [0.1, 0.15) is 74.1 Å². The smallest absolute Gasteiger partial charge is 0.500 e. The van der Waals surface area contributed by atoms with Crippen LogP contribution >= 0.6 is 0 Å². The summed E-state index contributed by atoms with van der Waals surface area (Å²) in [6.07, 6.45) is 3.63. The average molecular weight is 464 g/mol. The lowest BCUT2D eigenvalue weighted by atomic mass is 10.3. The summed E-state index contributed by atoms with van der Waals surface area (Å²) in [7, 11) is 0.246. The van der Waals surface area contributed by atoms with E-state index >= 15 is 0 Å². The lowest BCUT2D eigenvalue weighted by molar-refractivity contribution is -0.136. The first-order valence-electron chi connectivity index (χ1n) is 11.6. The topological polar surface area (TPSA) is 57.2 Å². The summed E-state index contributed by atoms with van der Waals surface area (Å²) < 4.78 is 22.9. The van der Waals surface area contributed by atoms with Crippen LogP contribution in [0.2, 0.25) is 22.7 Å². The molecule has 0 radical (unpaired) electrons. The zero-order chi connectivity index (χ0) is 23.4. The minimum atomic E-state index is -2.54. The number of unbranched alkanes of at least 4 members (excludes halogenated alkanes) is 1. The molecule has 0 unspecified atom stereocenters. The Kier molecular flexibility index (Phi) is 14.6. The molecule has 0 aromatic heterocycles. The van der Waals surface area contributed by atoms with Gasteiger partial charge in [0.2, 0.25) is 0 Å². The number of carbonyl (C=O) groups excluding carboxylic acids is 1. The molecule has 0 aliphatic rings. The van der Waals surface area contributed by atoms with Gasteiger partial charge in [0.25, 0.3) is 14.3 Å². The normalized spacial score (nSPS) is 13.1. The summed E-state index contributed by atoms with van der Waals surface area (Å²) in [6.45, 7) is 18.1. The summed E-state index contributed by atoms with van der Waals surface area (Å²) in [5, 5.41) is 0. The molecule has 6 nitrogen and oxygen atoms in total. The Labute approximate surface area is 188 Å². The fourth-order valence-corrected chi connectivity index (χ4v) is 11.6. The van der Waals surface area contributed by atoms with Crippen molar-refractivity contribution in [3.8, 4) is 0 Å². The third kappa shape index (κ3) is 8.71. The zero-order valence-electron chi connectivity index (χ0n) is 21.4. The van der Waals surface area contributed by atoms with Gasteiger partial charge in [-0.2, -0.15) is 0 Å². The molecule has 0 saturated heterocycles. The highest BCUT2D eigenvalue weighted by Crippen LogP contribution is 2.42. The van der Waals surface area contributed by atoms with Crippen molar-refractivity contribution in [1.29, 1.82) is 0 Å². The summed E-state index contributed by atoms with van der Waals surface area (Å²) in [5.74, 6) is -0.0336. The first-order chi connectivity index (χ1) is 14.0. The number of hydrogen-bond donors (Lipinski definition) is 0. The quantitative estimate of drug-likeness (QED) is 0.267. The van der Waals surface area contributed by atoms with Gasteiger partial charge in [-0.3, -0.25) is 4.79 Å². The van der Waals surface area contributed by atoms with Gasteiger partial charge in [-0.15, -0.1) is 0 Å². The average Bonchev–Trinajstić information content (AvgIpc) is 2.70. The van der Waals surface area contributed by atoms with E-state index in [-0.39, 0.29) is 5.97 Å². The van der Waals surface area contributed by atoms with Crippen molar-refractivity contribution in [2.75, 3.05) is 41.0 Å². The van der Waals surface area contributed by atoms with Crippen molar-refractivity contribution in [2.24, 2.45) is 0 Å². The Morgan fingerprint density at radius 1 is 0.800 bits per heavy atom. The van der Waals surface area contributed by atoms with Gasteiger partial charge in [0.05, 0.1) is 6.42 Å². The molecule has 0 aliphatic carbocycles. The Bertz CT molecular complexity index is 440. The van der Waals surface area contributed by atoms with Crippen LogP contribution < -0.4 is 0 Å². The van der Waals surface area contributed by atoms with E-state index in [4.69, 9.17) is 17.7 Å². The number of hydrogen-bond acceptors (Lipinski definition) is 6. The summed E-state index contributed by atoms with van der Waals surface area (Å²) in [6, 6.07) is 0.771. The fraction of sp³-hybridized carbons (Fsp3) is 0.955. The van der Waals surface area contributed by atoms with Crippen molar-refractivity contribution < 1.29 is 22.5 Å². The predicted octanol–water partition coefficient (Wildman–Crippen LogP) is 5.47. The van der Waals surface area contributed by atoms with Crippen molar-refractivity contribution >= 4 is 23.1 Å². The van der Waals surface area contributed by atoms with Gasteiger partial charge in [-0.1, -0.05) is 54.9 Å². The molecular weight excluding hydrogens is 414 g/mol. The van der Waals surface area contributed by atoms with E-state index in [0.29, 0.717) is 23.0 Å². The van der Waals surface area contributed by atoms with Crippen LogP contribution in [0.15, 0.2) is 0 Å². The summed E-state index contributed by atoms with van der Waals surface area (Å²) in [5.41, 5.74) is 1.23. The van der Waals surface area contributed by atoms with Crippen molar-refractivity contribution in [2.45, 2.75) is 96.8 Å². The molecule has 0 N–H and O–H groups in total. The van der Waals surface area contributed by atoms with Gasteiger partial charge in [-0.25, -0.2) is 0 Å². The van der Waals surface area contributed by atoms with E-state index in [0.717, 1.165) is 44.9 Å². The molecule has 180 valence electrons. The molecule has 0 aromatic carbocycles. The highest BCUT2D eigenvalue weighted by atomic mass is 28.4. The van der Waals surface area contributed by atoms with Gasteiger partial charge in [0.15, 0.2) is 0 Å². The SMILES string of the molecule is CCCCN(CCC[Si](OC)(OC)OC)CCC(=O)O[Si](C(C)C)(C(C)C)C(C)C. The van der Waals surface area contributed by atoms with Gasteiger partial charge in [0, 0.05) is 33.9 Å². The number of rotatable bonds is 17. The molecule has 30 heavy (non-hydrogen) atoms. The fourth-order valence-electron chi connectivity index (χ4n) is 4.64. The predicted molar refractivity (Wildman–Crippen MR) is 129 cm³/mol. The highest BCUT2D eigenvalue weighted by molar-refractivity contribution is 6.78. The molecule has 0 fully saturated rings. The second kappa shape index (κ2) is 14.7. The van der Waals surface area contributed by atoms with Crippen LogP contribution in [-0.4, -0.2) is 69.0 Å². The van der Waals surface area contributed by atoms with Gasteiger partial charge in [-0.05, 0) is 42.6 Å². The molecule has 0 amide bonds. The maximum absolute atomic E-state index is 12.9. The number of nitrogens with zero attached hydrogens (tertiary/aromatic N) is 1. The molecular formula is C22H49NO5Si2. The summed E-state index contributed by atoms with van der Waals surface area (Å²) in [4.78, 5) is 15.2. The largest absolute Gasteiger partial charge is 0.518 e. The standard InChI is InChI=1S/C22H49NO5Si2/c1-11-12-15-23(16-13-18-29(25-8,26-9)27-10)17-14-22(24)28-30(19(2)3,20(4)5)21(6)7/h19-21H,11-18H2,1-10H3. The third-order valence-electron chi connectivity index (χ3n) is 6.35. The number of carbonyl (C=O) groups is 1. The minimum Gasteiger partial charge on any atom is -0.518 e. The Hall–Kier alpha value is -0.256. The Morgan fingerprint density at radius 2 is 1.27 bits per heavy atom. The maximum Gasteiger partial charge on any atom is 0.500 e. The monoisotopic (exact) mass is 463 g/mol. The van der Waals surface area contributed by atoms with Crippen LogP contribution in [0.5, 0.6) is 0 Å². The molecule has 0 aliphatic heterocycles. The van der Waals surface area contributed by atoms with Crippen LogP contribution in [0.25, 0.3) is 0 Å². The van der Waals surface area contributed by atoms with Gasteiger partial charge < -0.3 is 22.6 Å². The van der Waals surface area contributed by atoms with Crippen LogP contribution in [0.3, 0.4) is 0 Å². The van der Waals surface area contributed by atoms with E-state index < -0.39 is 17.1 Å². The first kappa shape index (κ1) is 29.7. The molecule has 8 heteroatoms. The molecule has 0 aromatic rings. The summed E-state index contributed by atoms with van der Waals surface area (Å²) >= 11 is 0. The Balaban J connectivity index is 4.93. The van der Waals surface area contributed by atoms with Crippen LogP contribution in [0.4, 0.5) is 0 Å². The minimum absolute atomic E-state index is 0.0336. The second-order valence-electron chi connectivity index (χ2n) is 9.14. The first-order valence-corrected chi connectivity index (χ1v) is 15.7. The molecule has 0 heterocycles. The van der Waals surface area contributed by atoms with E-state index in [1.807, 2.05) is 0 Å². The lowest BCUT2D eigenvalue weighted by Crippen LogP contribution is -2.49. The van der Waals surface area contributed by atoms with E-state index in [1.54, 1.807) is 21.3 Å². The highest BCUT2D eigenvalue weighted by Gasteiger charge is 2.48. The van der Waals surface area contributed by atoms with Crippen LogP contribution in [-0.2, 0) is 22.5 Å². The molecule has 0 rings (SSSR count). The molecule has 0 atom stereocenters. The maximum atomic E-state index is 12.9. The Morgan fingerprint density at radius 3 is 1.67 bits per heavy atom. The third-order valence-corrected chi connectivity index (χ3v) is 15.2. The van der Waals surface area contributed by atoms with Gasteiger partial charge in [0.1, 0.15) is 0 Å².